The molecule has 2 aromatic carbocycles. The quantitative estimate of drug-likeness (QED) is 0.253. The Hall–Kier alpha value is -3.31. The van der Waals surface area contributed by atoms with E-state index in [1.165, 1.54) is 11.3 Å². The third-order valence-electron chi connectivity index (χ3n) is 5.77. The Morgan fingerprint density at radius 2 is 1.88 bits per heavy atom. The van der Waals surface area contributed by atoms with Gasteiger partial charge in [-0.25, -0.2) is 9.97 Å². The summed E-state index contributed by atoms with van der Waals surface area (Å²) in [6.07, 6.45) is -0.0374. The first-order valence-electron chi connectivity index (χ1n) is 10.5. The van der Waals surface area contributed by atoms with Crippen molar-refractivity contribution in [1.82, 2.24) is 15.0 Å². The van der Waals surface area contributed by atoms with Crippen LogP contribution in [0.1, 0.15) is 6.42 Å². The molecule has 1 saturated carbocycles. The molecule has 2 heterocycles. The van der Waals surface area contributed by atoms with Crippen LogP contribution in [-0.4, -0.2) is 60.2 Å². The van der Waals surface area contributed by atoms with Gasteiger partial charge in [0.15, 0.2) is 0 Å². The zero-order valence-corrected chi connectivity index (χ0v) is 18.3. The molecule has 0 aliphatic heterocycles. The molecule has 0 amide bonds. The molecule has 1 aliphatic carbocycles. The number of aromatic nitrogens is 3. The lowest BCUT2D eigenvalue weighted by Gasteiger charge is -2.20. The zero-order valence-electron chi connectivity index (χ0n) is 17.5. The minimum absolute atomic E-state index is 0.113. The third-order valence-corrected chi connectivity index (χ3v) is 6.84. The Morgan fingerprint density at radius 1 is 1.03 bits per heavy atom. The number of hydrogen-bond acceptors (Lipinski definition) is 10. The van der Waals surface area contributed by atoms with E-state index in [-0.39, 0.29) is 12.4 Å². The van der Waals surface area contributed by atoms with E-state index in [1.807, 2.05) is 24.3 Å². The summed E-state index contributed by atoms with van der Waals surface area (Å²) in [5.74, 6) is 0.430. The standard InChI is InChI=1S/C23H23N5O4S/c29-11-12-8-17(20(32)19(12)31)26-21-15(22-27-16-6-1-2-7-18(16)33-22)10-24-23(28-21)25-13-4-3-5-14(30)9-13/h1-7,9-10,12,17,19-20,29-32H,8,11H2,(H2,24,25,26,28)/t12-,17-,19-,20+/m1/s1. The molecule has 0 unspecified atom stereocenters. The van der Waals surface area contributed by atoms with Crippen molar-refractivity contribution in [2.75, 3.05) is 17.2 Å². The summed E-state index contributed by atoms with van der Waals surface area (Å²) in [6, 6.07) is 13.9. The molecule has 0 spiro atoms. The van der Waals surface area contributed by atoms with Gasteiger partial charge >= 0.3 is 0 Å². The van der Waals surface area contributed by atoms with Crippen molar-refractivity contribution in [3.05, 3.63) is 54.7 Å². The van der Waals surface area contributed by atoms with Crippen LogP contribution in [0.15, 0.2) is 54.7 Å². The first-order chi connectivity index (χ1) is 16.0. The van der Waals surface area contributed by atoms with Gasteiger partial charge in [0.1, 0.15) is 22.7 Å². The van der Waals surface area contributed by atoms with Gasteiger partial charge in [-0.2, -0.15) is 4.98 Å². The zero-order chi connectivity index (χ0) is 22.9. The molecular formula is C23H23N5O4S. The normalized spacial score (nSPS) is 22.5. The number of aliphatic hydroxyl groups is 3. The fourth-order valence-corrected chi connectivity index (χ4v) is 5.01. The van der Waals surface area contributed by atoms with Crippen LogP contribution in [0.4, 0.5) is 17.5 Å². The average Bonchev–Trinajstić information content (AvgIpc) is 3.35. The highest BCUT2D eigenvalue weighted by Crippen LogP contribution is 2.36. The molecule has 1 aliphatic rings. The maximum absolute atomic E-state index is 10.5. The first-order valence-corrected chi connectivity index (χ1v) is 11.4. The first kappa shape index (κ1) is 21.5. The van der Waals surface area contributed by atoms with Gasteiger partial charge in [-0.05, 0) is 30.7 Å². The van der Waals surface area contributed by atoms with E-state index in [0.717, 1.165) is 10.2 Å². The number of rotatable bonds is 6. The van der Waals surface area contributed by atoms with Crippen LogP contribution in [0.5, 0.6) is 5.75 Å². The number of para-hydroxylation sites is 1. The number of hydrogen-bond donors (Lipinski definition) is 6. The molecule has 0 bridgehead atoms. The van der Waals surface area contributed by atoms with Crippen molar-refractivity contribution in [2.45, 2.75) is 24.7 Å². The summed E-state index contributed by atoms with van der Waals surface area (Å²) in [6.45, 7) is -0.213. The molecule has 0 radical (unpaired) electrons. The highest BCUT2D eigenvalue weighted by Gasteiger charge is 2.41. The second-order valence-corrected chi connectivity index (χ2v) is 9.06. The number of nitrogens with one attached hydrogen (secondary N) is 2. The molecule has 170 valence electrons. The number of benzene rings is 2. The number of phenols is 1. The highest BCUT2D eigenvalue weighted by molar-refractivity contribution is 7.21. The van der Waals surface area contributed by atoms with E-state index in [2.05, 4.69) is 20.6 Å². The molecule has 33 heavy (non-hydrogen) atoms. The maximum Gasteiger partial charge on any atom is 0.229 e. The fraction of sp³-hybridized carbons (Fsp3) is 0.261. The van der Waals surface area contributed by atoms with Crippen LogP contribution in [0.2, 0.25) is 0 Å². The fourth-order valence-electron chi connectivity index (χ4n) is 4.03. The molecule has 9 nitrogen and oxygen atoms in total. The van der Waals surface area contributed by atoms with E-state index < -0.39 is 24.2 Å². The molecule has 1 fully saturated rings. The van der Waals surface area contributed by atoms with E-state index in [1.54, 1.807) is 30.5 Å². The molecule has 4 aromatic rings. The van der Waals surface area contributed by atoms with Gasteiger partial charge in [0.2, 0.25) is 5.95 Å². The Kier molecular flexibility index (Phi) is 5.81. The van der Waals surface area contributed by atoms with Crippen LogP contribution >= 0.6 is 11.3 Å². The summed E-state index contributed by atoms with van der Waals surface area (Å²) in [4.78, 5) is 13.7. The number of thiazole rings is 1. The number of aliphatic hydroxyl groups excluding tert-OH is 3. The van der Waals surface area contributed by atoms with Gasteiger partial charge in [-0.15, -0.1) is 11.3 Å². The number of nitrogens with zero attached hydrogens (tertiary/aromatic N) is 3. The number of fused-ring (bicyclic) bond motifs is 1. The summed E-state index contributed by atoms with van der Waals surface area (Å²) in [5, 5.41) is 47.0. The van der Waals surface area contributed by atoms with Crippen LogP contribution in [-0.2, 0) is 0 Å². The monoisotopic (exact) mass is 465 g/mol. The van der Waals surface area contributed by atoms with E-state index >= 15 is 0 Å². The van der Waals surface area contributed by atoms with Crippen molar-refractivity contribution >= 4 is 39.0 Å². The van der Waals surface area contributed by atoms with Crippen molar-refractivity contribution in [3.8, 4) is 16.3 Å². The van der Waals surface area contributed by atoms with Crippen LogP contribution in [0.25, 0.3) is 20.8 Å². The Morgan fingerprint density at radius 3 is 2.64 bits per heavy atom. The Bertz CT molecular complexity index is 1250. The molecule has 2 aromatic heterocycles. The van der Waals surface area contributed by atoms with Gasteiger partial charge < -0.3 is 31.1 Å². The third kappa shape index (κ3) is 4.33. The van der Waals surface area contributed by atoms with Crippen molar-refractivity contribution in [1.29, 1.82) is 0 Å². The summed E-state index contributed by atoms with van der Waals surface area (Å²) < 4.78 is 1.03. The lowest BCUT2D eigenvalue weighted by molar-refractivity contribution is 0.00446. The highest BCUT2D eigenvalue weighted by atomic mass is 32.1. The summed E-state index contributed by atoms with van der Waals surface area (Å²) in [5.41, 5.74) is 2.14. The van der Waals surface area contributed by atoms with Crippen molar-refractivity contribution in [2.24, 2.45) is 5.92 Å². The minimum atomic E-state index is -1.05. The van der Waals surface area contributed by atoms with E-state index in [0.29, 0.717) is 34.4 Å². The van der Waals surface area contributed by atoms with Crippen LogP contribution < -0.4 is 10.6 Å². The molecule has 0 saturated heterocycles. The van der Waals surface area contributed by atoms with Gasteiger partial charge in [0.05, 0.1) is 27.9 Å². The lowest BCUT2D eigenvalue weighted by atomic mass is 10.1. The summed E-state index contributed by atoms with van der Waals surface area (Å²) in [7, 11) is 0. The molecular weight excluding hydrogens is 442 g/mol. The number of anilines is 3. The lowest BCUT2D eigenvalue weighted by Crippen LogP contribution is -2.35. The van der Waals surface area contributed by atoms with Gasteiger partial charge in [0, 0.05) is 30.5 Å². The Labute approximate surface area is 193 Å². The van der Waals surface area contributed by atoms with Gasteiger partial charge in [-0.1, -0.05) is 18.2 Å². The van der Waals surface area contributed by atoms with E-state index in [9.17, 15) is 20.4 Å². The predicted molar refractivity (Wildman–Crippen MR) is 127 cm³/mol. The number of phenolic OH excluding ortho intramolecular Hbond substituents is 1. The average molecular weight is 466 g/mol. The molecule has 10 heteroatoms. The largest absolute Gasteiger partial charge is 0.508 e. The van der Waals surface area contributed by atoms with Crippen molar-refractivity contribution in [3.63, 3.8) is 0 Å². The van der Waals surface area contributed by atoms with Gasteiger partial charge in [0.25, 0.3) is 0 Å². The maximum atomic E-state index is 10.5. The topological polar surface area (TPSA) is 144 Å². The van der Waals surface area contributed by atoms with E-state index in [4.69, 9.17) is 4.98 Å². The van der Waals surface area contributed by atoms with Gasteiger partial charge in [-0.3, -0.25) is 0 Å². The second-order valence-electron chi connectivity index (χ2n) is 8.03. The number of aromatic hydroxyl groups is 1. The smallest absolute Gasteiger partial charge is 0.229 e. The van der Waals surface area contributed by atoms with Crippen LogP contribution in [0, 0.1) is 5.92 Å². The Balaban J connectivity index is 1.52. The second kappa shape index (κ2) is 8.91. The van der Waals surface area contributed by atoms with Crippen LogP contribution in [0.3, 0.4) is 0 Å². The molecule has 4 atom stereocenters. The summed E-state index contributed by atoms with van der Waals surface area (Å²) >= 11 is 1.50. The molecule has 6 N–H and O–H groups in total. The minimum Gasteiger partial charge on any atom is -0.508 e. The SMILES string of the molecule is OC[C@H]1C[C@@H](Nc2nc(Nc3cccc(O)c3)ncc2-c2nc3ccccc3s2)[C@H](O)[C@@H]1O. The van der Waals surface area contributed by atoms with Crippen molar-refractivity contribution < 1.29 is 20.4 Å². The molecule has 5 rings (SSSR count). The predicted octanol–water partition coefficient (Wildman–Crippen LogP) is 2.72.